The van der Waals surface area contributed by atoms with Gasteiger partial charge in [0.15, 0.2) is 0 Å². The molecule has 1 aromatic carbocycles. The van der Waals surface area contributed by atoms with Crippen molar-refractivity contribution in [2.45, 2.75) is 13.8 Å². The van der Waals surface area contributed by atoms with Gasteiger partial charge in [-0.05, 0) is 18.1 Å². The second-order valence-corrected chi connectivity index (χ2v) is 7.01. The van der Waals surface area contributed by atoms with Crippen LogP contribution in [0.4, 0.5) is 11.6 Å². The van der Waals surface area contributed by atoms with Crippen LogP contribution in [0.25, 0.3) is 0 Å². The summed E-state index contributed by atoms with van der Waals surface area (Å²) in [7, 11) is 1.53. The van der Waals surface area contributed by atoms with Gasteiger partial charge in [-0.2, -0.15) is 4.98 Å². The van der Waals surface area contributed by atoms with E-state index in [2.05, 4.69) is 49.4 Å². The fraction of sp³-hybridized carbons (Fsp3) is 0.450. The van der Waals surface area contributed by atoms with Crippen molar-refractivity contribution in [2.24, 2.45) is 5.92 Å². The minimum Gasteiger partial charge on any atom is -0.480 e. The molecule has 1 aliphatic heterocycles. The number of hydrogen-bond donors (Lipinski definition) is 1. The van der Waals surface area contributed by atoms with Crippen LogP contribution in [0, 0.1) is 5.92 Å². The molecule has 144 valence electrons. The number of methoxy groups -OCH3 is 1. The summed E-state index contributed by atoms with van der Waals surface area (Å²) < 4.78 is 5.35. The molecule has 0 unspecified atom stereocenters. The van der Waals surface area contributed by atoms with E-state index in [1.807, 2.05) is 19.9 Å². The van der Waals surface area contributed by atoms with E-state index in [4.69, 9.17) is 4.74 Å². The first-order valence-corrected chi connectivity index (χ1v) is 9.32. The van der Waals surface area contributed by atoms with Gasteiger partial charge in [-0.15, -0.1) is 0 Å². The van der Waals surface area contributed by atoms with Gasteiger partial charge in [-0.3, -0.25) is 4.79 Å². The number of aromatic nitrogens is 2. The predicted octanol–water partition coefficient (Wildman–Crippen LogP) is 2.20. The Balaban J connectivity index is 1.66. The molecule has 0 bridgehead atoms. The van der Waals surface area contributed by atoms with E-state index in [0.717, 1.165) is 26.2 Å². The van der Waals surface area contributed by atoms with Crippen molar-refractivity contribution in [3.8, 4) is 5.88 Å². The van der Waals surface area contributed by atoms with Gasteiger partial charge in [0.1, 0.15) is 5.56 Å². The third kappa shape index (κ3) is 4.67. The molecule has 2 heterocycles. The van der Waals surface area contributed by atoms with E-state index in [1.165, 1.54) is 12.8 Å². The van der Waals surface area contributed by atoms with Crippen molar-refractivity contribution < 1.29 is 9.53 Å². The lowest BCUT2D eigenvalue weighted by molar-refractivity contribution is 0.0945. The number of para-hydroxylation sites is 1. The van der Waals surface area contributed by atoms with Crippen molar-refractivity contribution in [1.29, 1.82) is 0 Å². The largest absolute Gasteiger partial charge is 0.480 e. The van der Waals surface area contributed by atoms with Crippen molar-refractivity contribution in [1.82, 2.24) is 15.3 Å². The first kappa shape index (κ1) is 18.9. The van der Waals surface area contributed by atoms with Gasteiger partial charge in [0.05, 0.1) is 7.11 Å². The molecule has 2 aromatic rings. The Hall–Kier alpha value is -2.83. The van der Waals surface area contributed by atoms with E-state index in [9.17, 15) is 4.79 Å². The SMILES string of the molecule is COc1nc(N2CCN(c3ccccc3)CC2)ncc1C(=O)NCC(C)C. The number of nitrogens with one attached hydrogen (secondary N) is 1. The molecular formula is C20H27N5O2. The van der Waals surface area contributed by atoms with E-state index in [0.29, 0.717) is 29.9 Å². The highest BCUT2D eigenvalue weighted by atomic mass is 16.5. The maximum Gasteiger partial charge on any atom is 0.258 e. The quantitative estimate of drug-likeness (QED) is 0.842. The number of ether oxygens (including phenoxy) is 1. The van der Waals surface area contributed by atoms with Crippen LogP contribution in [-0.4, -0.2) is 55.7 Å². The summed E-state index contributed by atoms with van der Waals surface area (Å²) in [5, 5.41) is 2.88. The summed E-state index contributed by atoms with van der Waals surface area (Å²) in [6.07, 6.45) is 1.56. The number of carbonyl (C=O) groups excluding carboxylic acids is 1. The highest BCUT2D eigenvalue weighted by Crippen LogP contribution is 2.21. The number of rotatable bonds is 6. The molecule has 0 atom stereocenters. The van der Waals surface area contributed by atoms with Crippen molar-refractivity contribution in [3.63, 3.8) is 0 Å². The van der Waals surface area contributed by atoms with E-state index < -0.39 is 0 Å². The fourth-order valence-electron chi connectivity index (χ4n) is 3.02. The molecule has 3 rings (SSSR count). The minimum absolute atomic E-state index is 0.207. The molecule has 1 aromatic heterocycles. The lowest BCUT2D eigenvalue weighted by Crippen LogP contribution is -2.47. The number of carbonyl (C=O) groups is 1. The highest BCUT2D eigenvalue weighted by Gasteiger charge is 2.22. The van der Waals surface area contributed by atoms with Crippen molar-refractivity contribution in [3.05, 3.63) is 42.1 Å². The van der Waals surface area contributed by atoms with Crippen LogP contribution in [0.3, 0.4) is 0 Å². The molecule has 7 nitrogen and oxygen atoms in total. The summed E-state index contributed by atoms with van der Waals surface area (Å²) in [5.74, 6) is 1.08. The Kier molecular flexibility index (Phi) is 6.11. The number of anilines is 2. The molecule has 0 radical (unpaired) electrons. The number of benzene rings is 1. The first-order valence-electron chi connectivity index (χ1n) is 9.32. The molecule has 1 amide bonds. The predicted molar refractivity (Wildman–Crippen MR) is 107 cm³/mol. The Bertz CT molecular complexity index is 758. The molecule has 0 saturated carbocycles. The Morgan fingerprint density at radius 1 is 1.15 bits per heavy atom. The first-order chi connectivity index (χ1) is 13.1. The van der Waals surface area contributed by atoms with E-state index >= 15 is 0 Å². The van der Waals surface area contributed by atoms with Crippen LogP contribution in [-0.2, 0) is 0 Å². The van der Waals surface area contributed by atoms with Gasteiger partial charge < -0.3 is 19.9 Å². The zero-order chi connectivity index (χ0) is 19.2. The molecular weight excluding hydrogens is 342 g/mol. The molecule has 27 heavy (non-hydrogen) atoms. The summed E-state index contributed by atoms with van der Waals surface area (Å²) >= 11 is 0. The fourth-order valence-corrected chi connectivity index (χ4v) is 3.02. The molecule has 1 aliphatic rings. The molecule has 0 aliphatic carbocycles. The van der Waals surface area contributed by atoms with Gasteiger partial charge in [0.2, 0.25) is 11.8 Å². The molecule has 1 N–H and O–H groups in total. The van der Waals surface area contributed by atoms with Crippen LogP contribution >= 0.6 is 0 Å². The van der Waals surface area contributed by atoms with E-state index in [1.54, 1.807) is 6.20 Å². The maximum atomic E-state index is 12.3. The van der Waals surface area contributed by atoms with Gasteiger partial charge in [-0.1, -0.05) is 32.0 Å². The summed E-state index contributed by atoms with van der Waals surface area (Å²) in [6, 6.07) is 10.4. The van der Waals surface area contributed by atoms with Crippen molar-refractivity contribution >= 4 is 17.5 Å². The van der Waals surface area contributed by atoms with Crippen LogP contribution in [0.5, 0.6) is 5.88 Å². The second-order valence-electron chi connectivity index (χ2n) is 7.01. The zero-order valence-corrected chi connectivity index (χ0v) is 16.2. The molecule has 1 saturated heterocycles. The average Bonchev–Trinajstić information content (AvgIpc) is 2.72. The third-order valence-corrected chi connectivity index (χ3v) is 4.53. The molecule has 7 heteroatoms. The number of hydrogen-bond acceptors (Lipinski definition) is 6. The highest BCUT2D eigenvalue weighted by molar-refractivity contribution is 5.96. The maximum absolute atomic E-state index is 12.3. The smallest absolute Gasteiger partial charge is 0.258 e. The lowest BCUT2D eigenvalue weighted by atomic mass is 10.2. The zero-order valence-electron chi connectivity index (χ0n) is 16.2. The second kappa shape index (κ2) is 8.70. The van der Waals surface area contributed by atoms with Gasteiger partial charge in [0.25, 0.3) is 5.91 Å². The summed E-state index contributed by atoms with van der Waals surface area (Å²) in [5.41, 5.74) is 1.60. The minimum atomic E-state index is -0.207. The normalized spacial score (nSPS) is 14.4. The Morgan fingerprint density at radius 3 is 2.44 bits per heavy atom. The number of nitrogens with zero attached hydrogens (tertiary/aromatic N) is 4. The van der Waals surface area contributed by atoms with Crippen LogP contribution in [0.15, 0.2) is 36.5 Å². The Morgan fingerprint density at radius 2 is 1.81 bits per heavy atom. The average molecular weight is 369 g/mol. The van der Waals surface area contributed by atoms with Gasteiger partial charge >= 0.3 is 0 Å². The third-order valence-electron chi connectivity index (χ3n) is 4.53. The van der Waals surface area contributed by atoms with E-state index in [-0.39, 0.29) is 5.91 Å². The Labute approximate surface area is 160 Å². The van der Waals surface area contributed by atoms with Crippen LogP contribution < -0.4 is 19.9 Å². The van der Waals surface area contributed by atoms with Crippen LogP contribution in [0.1, 0.15) is 24.2 Å². The van der Waals surface area contributed by atoms with Gasteiger partial charge in [-0.25, -0.2) is 4.98 Å². The van der Waals surface area contributed by atoms with Crippen LogP contribution in [0.2, 0.25) is 0 Å². The van der Waals surface area contributed by atoms with Gasteiger partial charge in [0, 0.05) is 44.6 Å². The standard InChI is InChI=1S/C20H27N5O2/c1-15(2)13-21-18(26)17-14-22-20(23-19(17)27-3)25-11-9-24(10-12-25)16-7-5-4-6-8-16/h4-8,14-15H,9-13H2,1-3H3,(H,21,26). The number of piperazine rings is 1. The number of amides is 1. The summed E-state index contributed by atoms with van der Waals surface area (Å²) in [6.45, 7) is 8.12. The molecule has 1 fully saturated rings. The monoisotopic (exact) mass is 369 g/mol. The summed E-state index contributed by atoms with van der Waals surface area (Å²) in [4.78, 5) is 25.7. The lowest BCUT2D eigenvalue weighted by Gasteiger charge is -2.36. The molecule has 0 spiro atoms. The van der Waals surface area contributed by atoms with Crippen molar-refractivity contribution in [2.75, 3.05) is 49.6 Å². The topological polar surface area (TPSA) is 70.6 Å².